The Kier molecular flexibility index (Phi) is 5.65. The largest absolute Gasteiger partial charge is 0.465 e. The van der Waals surface area contributed by atoms with Gasteiger partial charge in [-0.05, 0) is 47.3 Å². The second-order valence-electron chi connectivity index (χ2n) is 5.90. The zero-order valence-corrected chi connectivity index (χ0v) is 15.6. The zero-order chi connectivity index (χ0) is 17.1. The summed E-state index contributed by atoms with van der Waals surface area (Å²) in [5.41, 5.74) is 0.716. The van der Waals surface area contributed by atoms with E-state index in [-0.39, 0.29) is 0 Å². The molecule has 0 aliphatic carbocycles. The third-order valence-corrected chi connectivity index (χ3v) is 6.96. The highest BCUT2D eigenvalue weighted by Crippen LogP contribution is 2.50. The second-order valence-corrected chi connectivity index (χ2v) is 8.01. The maximum absolute atomic E-state index is 12.5. The Balaban J connectivity index is 2.11. The molecule has 3 rings (SSSR count). The number of hydrogen-bond donors (Lipinski definition) is 0. The summed E-state index contributed by atoms with van der Waals surface area (Å²) in [7, 11) is 5.82. The van der Waals surface area contributed by atoms with Gasteiger partial charge in [0, 0.05) is 26.2 Å². The highest BCUT2D eigenvalue weighted by atomic mass is 33.1. The minimum Gasteiger partial charge on any atom is -0.465 e. The fourth-order valence-corrected chi connectivity index (χ4v) is 6.10. The molecular weight excluding hydrogens is 348 g/mol. The van der Waals surface area contributed by atoms with E-state index in [1.165, 1.54) is 14.2 Å². The molecule has 2 fully saturated rings. The van der Waals surface area contributed by atoms with Crippen molar-refractivity contribution in [3.63, 3.8) is 0 Å². The van der Waals surface area contributed by atoms with Crippen molar-refractivity contribution in [1.82, 2.24) is 9.80 Å². The topological polar surface area (TPSA) is 59.1 Å². The molecule has 0 N–H and O–H groups in total. The molecule has 0 aromatic heterocycles. The van der Waals surface area contributed by atoms with Crippen LogP contribution in [0.25, 0.3) is 0 Å². The van der Waals surface area contributed by atoms with Crippen molar-refractivity contribution < 1.29 is 19.1 Å². The average Bonchev–Trinajstić information content (AvgIpc) is 3.32. The Bertz CT molecular complexity index is 539. The Morgan fingerprint density at radius 2 is 1.08 bits per heavy atom. The van der Waals surface area contributed by atoms with Crippen LogP contribution >= 0.6 is 21.6 Å². The van der Waals surface area contributed by atoms with Gasteiger partial charge in [-0.2, -0.15) is 0 Å². The summed E-state index contributed by atoms with van der Waals surface area (Å²) in [5, 5.41) is 1.65. The van der Waals surface area contributed by atoms with Crippen LogP contribution in [0.5, 0.6) is 0 Å². The first-order chi connectivity index (χ1) is 11.7. The van der Waals surface area contributed by atoms with E-state index in [9.17, 15) is 9.59 Å². The molecule has 0 saturated carbocycles. The predicted octanol–water partition coefficient (Wildman–Crippen LogP) is 2.34. The van der Waals surface area contributed by atoms with Crippen LogP contribution in [0.3, 0.4) is 0 Å². The van der Waals surface area contributed by atoms with Crippen LogP contribution < -0.4 is 0 Å². The maximum atomic E-state index is 12.5. The third-order valence-electron chi connectivity index (χ3n) is 4.44. The van der Waals surface area contributed by atoms with Gasteiger partial charge in [-0.1, -0.05) is 0 Å². The van der Waals surface area contributed by atoms with E-state index in [0.29, 0.717) is 11.1 Å². The quantitative estimate of drug-likeness (QED) is 0.552. The smallest absolute Gasteiger partial charge is 0.341 e. The van der Waals surface area contributed by atoms with Gasteiger partial charge >= 0.3 is 11.9 Å². The molecular formula is C16H22N2O4S2. The van der Waals surface area contributed by atoms with Crippen LogP contribution in [-0.4, -0.2) is 62.1 Å². The number of methoxy groups -OCH3 is 2. The van der Waals surface area contributed by atoms with Crippen LogP contribution in [0, 0.1) is 0 Å². The fourth-order valence-electron chi connectivity index (χ4n) is 3.22. The molecule has 0 aromatic carbocycles. The van der Waals surface area contributed by atoms with Gasteiger partial charge in [0.05, 0.1) is 24.3 Å². The highest BCUT2D eigenvalue weighted by molar-refractivity contribution is 8.79. The predicted molar refractivity (Wildman–Crippen MR) is 94.9 cm³/mol. The van der Waals surface area contributed by atoms with Crippen LogP contribution in [0.2, 0.25) is 0 Å². The van der Waals surface area contributed by atoms with Gasteiger partial charge in [0.2, 0.25) is 0 Å². The number of hydrogen-bond acceptors (Lipinski definition) is 8. The Labute approximate surface area is 150 Å². The summed E-state index contributed by atoms with van der Waals surface area (Å²) in [4.78, 5) is 29.4. The summed E-state index contributed by atoms with van der Waals surface area (Å²) in [6.07, 6.45) is 4.39. The molecule has 0 bridgehead atoms. The Hall–Kier alpha value is -1.28. The minimum atomic E-state index is -0.471. The molecule has 0 radical (unpaired) electrons. The molecule has 0 unspecified atom stereocenters. The molecule has 0 amide bonds. The molecule has 24 heavy (non-hydrogen) atoms. The van der Waals surface area contributed by atoms with Gasteiger partial charge in [-0.25, -0.2) is 9.59 Å². The summed E-state index contributed by atoms with van der Waals surface area (Å²) in [5.74, 6) is -0.941. The number of rotatable bonds is 4. The van der Waals surface area contributed by atoms with Gasteiger partial charge in [-0.15, -0.1) is 0 Å². The lowest BCUT2D eigenvalue weighted by Crippen LogP contribution is -2.30. The molecule has 3 heterocycles. The molecule has 2 saturated heterocycles. The van der Waals surface area contributed by atoms with Gasteiger partial charge in [-0.3, -0.25) is 0 Å². The van der Waals surface area contributed by atoms with E-state index in [0.717, 1.165) is 61.9 Å². The van der Waals surface area contributed by atoms with Crippen molar-refractivity contribution in [1.29, 1.82) is 0 Å². The van der Waals surface area contributed by atoms with Crippen molar-refractivity contribution >= 4 is 33.5 Å². The van der Waals surface area contributed by atoms with Crippen LogP contribution in [0.15, 0.2) is 21.2 Å². The van der Waals surface area contributed by atoms with E-state index in [1.54, 1.807) is 21.6 Å². The van der Waals surface area contributed by atoms with E-state index >= 15 is 0 Å². The van der Waals surface area contributed by atoms with Crippen LogP contribution in [-0.2, 0) is 19.1 Å². The van der Waals surface area contributed by atoms with Crippen molar-refractivity contribution in [2.75, 3.05) is 40.4 Å². The SMILES string of the molecule is COC(=O)C1=C(N2CCCC2)SSC(N2CCCC2)=C1C(=O)OC. The maximum Gasteiger partial charge on any atom is 0.341 e. The van der Waals surface area contributed by atoms with Crippen LogP contribution in [0.1, 0.15) is 25.7 Å². The lowest BCUT2D eigenvalue weighted by molar-refractivity contribution is -0.139. The number of likely N-dealkylation sites (tertiary alicyclic amines) is 2. The van der Waals surface area contributed by atoms with E-state index < -0.39 is 11.9 Å². The highest BCUT2D eigenvalue weighted by Gasteiger charge is 2.38. The third kappa shape index (κ3) is 3.26. The molecule has 0 atom stereocenters. The molecule has 0 spiro atoms. The Morgan fingerprint density at radius 1 is 0.750 bits per heavy atom. The standard InChI is InChI=1S/C16H22N2O4S2/c1-21-15(19)11-12(16(20)22-2)14(18-9-5-6-10-18)24-23-13(11)17-7-3-4-8-17/h3-10H2,1-2H3. The summed E-state index contributed by atoms with van der Waals surface area (Å²) in [6, 6.07) is 0. The van der Waals surface area contributed by atoms with Crippen molar-refractivity contribution in [2.24, 2.45) is 0 Å². The normalized spacial score (nSPS) is 21.6. The summed E-state index contributed by atoms with van der Waals surface area (Å²) < 4.78 is 10.0. The minimum absolute atomic E-state index is 0.358. The zero-order valence-electron chi connectivity index (χ0n) is 14.0. The Morgan fingerprint density at radius 3 is 1.38 bits per heavy atom. The first kappa shape index (κ1) is 17.5. The van der Waals surface area contributed by atoms with Gasteiger partial charge < -0.3 is 19.3 Å². The number of ether oxygens (including phenoxy) is 2. The number of esters is 2. The van der Waals surface area contributed by atoms with Crippen LogP contribution in [0.4, 0.5) is 0 Å². The number of carbonyl (C=O) groups is 2. The van der Waals surface area contributed by atoms with E-state index in [1.807, 2.05) is 0 Å². The van der Waals surface area contributed by atoms with Gasteiger partial charge in [0.15, 0.2) is 0 Å². The number of nitrogens with zero attached hydrogens (tertiary/aromatic N) is 2. The molecule has 3 aliphatic heterocycles. The fraction of sp³-hybridized carbons (Fsp3) is 0.625. The first-order valence-electron chi connectivity index (χ1n) is 8.17. The first-order valence-corrected chi connectivity index (χ1v) is 10.3. The molecule has 3 aliphatic rings. The van der Waals surface area contributed by atoms with Crippen molar-refractivity contribution in [2.45, 2.75) is 25.7 Å². The molecule has 8 heteroatoms. The lowest BCUT2D eigenvalue weighted by atomic mass is 10.1. The second kappa shape index (κ2) is 7.74. The number of carbonyl (C=O) groups excluding carboxylic acids is 2. The average molecular weight is 370 g/mol. The molecule has 0 aromatic rings. The van der Waals surface area contributed by atoms with Gasteiger partial charge in [0.25, 0.3) is 0 Å². The van der Waals surface area contributed by atoms with Crippen molar-refractivity contribution in [3.8, 4) is 0 Å². The van der Waals surface area contributed by atoms with Gasteiger partial charge in [0.1, 0.15) is 11.1 Å². The monoisotopic (exact) mass is 370 g/mol. The van der Waals surface area contributed by atoms with E-state index in [4.69, 9.17) is 9.47 Å². The lowest BCUT2D eigenvalue weighted by Gasteiger charge is -2.31. The molecule has 132 valence electrons. The van der Waals surface area contributed by atoms with E-state index in [2.05, 4.69) is 9.80 Å². The summed E-state index contributed by atoms with van der Waals surface area (Å²) >= 11 is 0. The van der Waals surface area contributed by atoms with Crippen molar-refractivity contribution in [3.05, 3.63) is 21.2 Å². The molecule has 6 nitrogen and oxygen atoms in total. The summed E-state index contributed by atoms with van der Waals surface area (Å²) in [6.45, 7) is 3.60.